The molecule has 1 heteroatoms. The zero-order chi connectivity index (χ0) is 13.5. The summed E-state index contributed by atoms with van der Waals surface area (Å²) in [5, 5.41) is 3.55. The molecule has 2 aromatic rings. The molecule has 1 N–H and O–H groups in total. The van der Waals surface area contributed by atoms with Crippen LogP contribution in [0.15, 0.2) is 86.0 Å². The largest absolute Gasteiger partial charge is 0.296 e. The Kier molecular flexibility index (Phi) is 4.71. The summed E-state index contributed by atoms with van der Waals surface area (Å²) >= 11 is 0. The van der Waals surface area contributed by atoms with Gasteiger partial charge in [-0.25, -0.2) is 0 Å². The summed E-state index contributed by atoms with van der Waals surface area (Å²) in [6.45, 7) is 7.84. The smallest absolute Gasteiger partial charge is 0.0510 e. The molecule has 0 aliphatic heterocycles. The van der Waals surface area contributed by atoms with Crippen LogP contribution in [0, 0.1) is 0 Å². The number of hydrogen-bond donors (Lipinski definition) is 1. The third kappa shape index (κ3) is 3.43. The predicted octanol–water partition coefficient (Wildman–Crippen LogP) is 4.43. The fourth-order valence-electron chi connectivity index (χ4n) is 2.11. The molecule has 0 aliphatic carbocycles. The number of nitrogens with one attached hydrogen (secondary N) is 1. The second-order valence-electron chi connectivity index (χ2n) is 4.41. The summed E-state index contributed by atoms with van der Waals surface area (Å²) in [4.78, 5) is 0. The van der Waals surface area contributed by atoms with E-state index in [2.05, 4.69) is 42.7 Å². The van der Waals surface area contributed by atoms with Crippen LogP contribution in [0.4, 0.5) is 0 Å². The third-order valence-corrected chi connectivity index (χ3v) is 3.15. The standard InChI is InChI=1S/C18H19N/c1-3-17(15-11-7-5-8-12-15)19-18(4-2)16-13-9-6-10-14-16/h3-14,17-19H,1-2H2/t17-,18-/m1/s1. The maximum atomic E-state index is 3.92. The quantitative estimate of drug-likeness (QED) is 0.747. The SMILES string of the molecule is C=C[C@@H](N[C@H](C=C)c1ccccc1)c1ccccc1. The van der Waals surface area contributed by atoms with E-state index in [-0.39, 0.29) is 12.1 Å². The molecule has 2 atom stereocenters. The van der Waals surface area contributed by atoms with Crippen molar-refractivity contribution >= 4 is 0 Å². The highest BCUT2D eigenvalue weighted by Gasteiger charge is 2.13. The van der Waals surface area contributed by atoms with Crippen molar-refractivity contribution < 1.29 is 0 Å². The first-order valence-corrected chi connectivity index (χ1v) is 6.46. The molecule has 2 rings (SSSR count). The van der Waals surface area contributed by atoms with E-state index in [9.17, 15) is 0 Å². The van der Waals surface area contributed by atoms with Crippen LogP contribution in [0.25, 0.3) is 0 Å². The Morgan fingerprint density at radius 1 is 0.684 bits per heavy atom. The van der Waals surface area contributed by atoms with Crippen molar-refractivity contribution in [1.82, 2.24) is 5.32 Å². The van der Waals surface area contributed by atoms with E-state index in [1.807, 2.05) is 48.6 Å². The Morgan fingerprint density at radius 2 is 1.05 bits per heavy atom. The highest BCUT2D eigenvalue weighted by Crippen LogP contribution is 2.21. The Labute approximate surface area is 115 Å². The summed E-state index contributed by atoms with van der Waals surface area (Å²) in [6.07, 6.45) is 3.85. The first kappa shape index (κ1) is 13.3. The molecule has 0 saturated heterocycles. The fraction of sp³-hybridized carbons (Fsp3) is 0.111. The van der Waals surface area contributed by atoms with E-state index in [1.54, 1.807) is 0 Å². The van der Waals surface area contributed by atoms with Gasteiger partial charge in [0.1, 0.15) is 0 Å². The molecule has 0 saturated carbocycles. The first-order chi connectivity index (χ1) is 9.35. The molecule has 0 aliphatic rings. The van der Waals surface area contributed by atoms with Gasteiger partial charge < -0.3 is 0 Å². The van der Waals surface area contributed by atoms with E-state index >= 15 is 0 Å². The van der Waals surface area contributed by atoms with Crippen LogP contribution >= 0.6 is 0 Å². The van der Waals surface area contributed by atoms with E-state index in [1.165, 1.54) is 11.1 Å². The molecule has 96 valence electrons. The molecule has 0 spiro atoms. The average Bonchev–Trinajstić information content (AvgIpc) is 2.50. The van der Waals surface area contributed by atoms with E-state index in [0.29, 0.717) is 0 Å². The second kappa shape index (κ2) is 6.72. The van der Waals surface area contributed by atoms with Crippen LogP contribution in [0.2, 0.25) is 0 Å². The highest BCUT2D eigenvalue weighted by molar-refractivity contribution is 5.26. The molecule has 2 aromatic carbocycles. The molecule has 1 nitrogen and oxygen atoms in total. The van der Waals surface area contributed by atoms with E-state index < -0.39 is 0 Å². The van der Waals surface area contributed by atoms with Crippen LogP contribution in [0.1, 0.15) is 23.2 Å². The van der Waals surface area contributed by atoms with Gasteiger partial charge in [0.25, 0.3) is 0 Å². The van der Waals surface area contributed by atoms with Gasteiger partial charge in [-0.05, 0) is 11.1 Å². The molecular weight excluding hydrogens is 230 g/mol. The van der Waals surface area contributed by atoms with Gasteiger partial charge >= 0.3 is 0 Å². The van der Waals surface area contributed by atoms with Gasteiger partial charge in [0.05, 0.1) is 12.1 Å². The Bertz CT molecular complexity index is 466. The van der Waals surface area contributed by atoms with E-state index in [4.69, 9.17) is 0 Å². The Hall–Kier alpha value is -2.12. The van der Waals surface area contributed by atoms with Gasteiger partial charge in [-0.2, -0.15) is 0 Å². The van der Waals surface area contributed by atoms with Gasteiger partial charge in [-0.3, -0.25) is 5.32 Å². The van der Waals surface area contributed by atoms with E-state index in [0.717, 1.165) is 0 Å². The van der Waals surface area contributed by atoms with Crippen LogP contribution in [-0.4, -0.2) is 0 Å². The molecular formula is C18H19N. The molecule has 0 radical (unpaired) electrons. The third-order valence-electron chi connectivity index (χ3n) is 3.15. The molecule has 19 heavy (non-hydrogen) atoms. The van der Waals surface area contributed by atoms with Crippen molar-refractivity contribution in [3.63, 3.8) is 0 Å². The summed E-state index contributed by atoms with van der Waals surface area (Å²) in [7, 11) is 0. The van der Waals surface area contributed by atoms with Crippen LogP contribution in [0.5, 0.6) is 0 Å². The van der Waals surface area contributed by atoms with Crippen molar-refractivity contribution in [2.45, 2.75) is 12.1 Å². The number of benzene rings is 2. The van der Waals surface area contributed by atoms with Crippen molar-refractivity contribution in [2.24, 2.45) is 0 Å². The Balaban J connectivity index is 2.17. The minimum absolute atomic E-state index is 0.115. The van der Waals surface area contributed by atoms with Crippen LogP contribution < -0.4 is 5.32 Å². The van der Waals surface area contributed by atoms with Crippen molar-refractivity contribution in [3.8, 4) is 0 Å². The fourth-order valence-corrected chi connectivity index (χ4v) is 2.11. The van der Waals surface area contributed by atoms with Crippen molar-refractivity contribution in [3.05, 3.63) is 97.1 Å². The van der Waals surface area contributed by atoms with Crippen molar-refractivity contribution in [2.75, 3.05) is 0 Å². The van der Waals surface area contributed by atoms with Gasteiger partial charge in [0, 0.05) is 0 Å². The summed E-state index contributed by atoms with van der Waals surface area (Å²) in [5.74, 6) is 0. The maximum Gasteiger partial charge on any atom is 0.0510 e. The lowest BCUT2D eigenvalue weighted by Gasteiger charge is -2.22. The van der Waals surface area contributed by atoms with Gasteiger partial charge in [-0.1, -0.05) is 72.8 Å². The lowest BCUT2D eigenvalue weighted by atomic mass is 10.0. The predicted molar refractivity (Wildman–Crippen MR) is 81.9 cm³/mol. The molecule has 0 bridgehead atoms. The summed E-state index contributed by atoms with van der Waals surface area (Å²) in [5.41, 5.74) is 2.42. The monoisotopic (exact) mass is 249 g/mol. The van der Waals surface area contributed by atoms with Gasteiger partial charge in [0.2, 0.25) is 0 Å². The maximum absolute atomic E-state index is 3.92. The average molecular weight is 249 g/mol. The number of rotatable bonds is 6. The molecule has 0 heterocycles. The molecule has 0 amide bonds. The minimum Gasteiger partial charge on any atom is -0.296 e. The summed E-state index contributed by atoms with van der Waals surface area (Å²) in [6, 6.07) is 20.8. The highest BCUT2D eigenvalue weighted by atomic mass is 14.9. The van der Waals surface area contributed by atoms with Gasteiger partial charge in [0.15, 0.2) is 0 Å². The second-order valence-corrected chi connectivity index (χ2v) is 4.41. The lowest BCUT2D eigenvalue weighted by molar-refractivity contribution is 0.565. The normalized spacial score (nSPS) is 13.5. The first-order valence-electron chi connectivity index (χ1n) is 6.46. The van der Waals surface area contributed by atoms with Crippen LogP contribution in [-0.2, 0) is 0 Å². The minimum atomic E-state index is 0.115. The molecule has 0 aromatic heterocycles. The zero-order valence-corrected chi connectivity index (χ0v) is 11.0. The summed E-state index contributed by atoms with van der Waals surface area (Å²) < 4.78 is 0. The van der Waals surface area contributed by atoms with Crippen molar-refractivity contribution in [1.29, 1.82) is 0 Å². The lowest BCUT2D eigenvalue weighted by Crippen LogP contribution is -2.23. The topological polar surface area (TPSA) is 12.0 Å². The van der Waals surface area contributed by atoms with Gasteiger partial charge in [-0.15, -0.1) is 13.2 Å². The van der Waals surface area contributed by atoms with Crippen LogP contribution in [0.3, 0.4) is 0 Å². The molecule has 0 unspecified atom stereocenters. The Morgan fingerprint density at radius 3 is 1.37 bits per heavy atom. The number of hydrogen-bond acceptors (Lipinski definition) is 1. The zero-order valence-electron chi connectivity index (χ0n) is 11.0. The molecule has 0 fully saturated rings.